The lowest BCUT2D eigenvalue weighted by Gasteiger charge is -2.34. The van der Waals surface area contributed by atoms with Crippen molar-refractivity contribution in [3.05, 3.63) is 35.6 Å². The number of fused-ring (bicyclic) bond motifs is 1. The van der Waals surface area contributed by atoms with Gasteiger partial charge in [0.1, 0.15) is 0 Å². The summed E-state index contributed by atoms with van der Waals surface area (Å²) in [6.07, 6.45) is 7.68. The zero-order chi connectivity index (χ0) is 14.9. The number of rotatable bonds is 1. The minimum atomic E-state index is -0.159. The normalized spacial score (nSPS) is 23.9. The Kier molecular flexibility index (Phi) is 3.75. The van der Waals surface area contributed by atoms with E-state index in [9.17, 15) is 9.59 Å². The lowest BCUT2D eigenvalue weighted by atomic mass is 9.74. The van der Waals surface area contributed by atoms with Crippen LogP contribution >= 0.6 is 0 Å². The van der Waals surface area contributed by atoms with Crippen LogP contribution in [0.25, 0.3) is 0 Å². The van der Waals surface area contributed by atoms with Crippen LogP contribution in [0.3, 0.4) is 0 Å². The van der Waals surface area contributed by atoms with Crippen molar-refractivity contribution >= 4 is 17.5 Å². The van der Waals surface area contributed by atoms with E-state index in [1.165, 1.54) is 0 Å². The highest BCUT2D eigenvalue weighted by atomic mass is 16.2. The van der Waals surface area contributed by atoms with Crippen LogP contribution in [0.5, 0.6) is 0 Å². The van der Waals surface area contributed by atoms with Crippen LogP contribution in [0, 0.1) is 11.3 Å². The molecule has 2 amide bonds. The molecule has 106 valence electrons. The van der Waals surface area contributed by atoms with Gasteiger partial charge in [0.2, 0.25) is 11.8 Å². The van der Waals surface area contributed by atoms with Crippen molar-refractivity contribution in [2.45, 2.75) is 34.1 Å². The second kappa shape index (κ2) is 5.19. The predicted molar refractivity (Wildman–Crippen MR) is 79.1 cm³/mol. The van der Waals surface area contributed by atoms with Gasteiger partial charge in [0.05, 0.1) is 5.71 Å². The first kappa shape index (κ1) is 14.4. The Morgan fingerprint density at radius 3 is 2.65 bits per heavy atom. The van der Waals surface area contributed by atoms with Crippen molar-refractivity contribution in [2.75, 3.05) is 0 Å². The van der Waals surface area contributed by atoms with E-state index in [1.807, 2.05) is 12.2 Å². The first-order valence-corrected chi connectivity index (χ1v) is 6.85. The smallest absolute Gasteiger partial charge is 0.248 e. The Balaban J connectivity index is 2.37. The molecule has 1 N–H and O–H groups in total. The molecule has 0 fully saturated rings. The van der Waals surface area contributed by atoms with Gasteiger partial charge >= 0.3 is 0 Å². The van der Waals surface area contributed by atoms with Gasteiger partial charge in [0.15, 0.2) is 0 Å². The summed E-state index contributed by atoms with van der Waals surface area (Å²) in [4.78, 5) is 27.2. The molecular formula is C16H20N2O2. The van der Waals surface area contributed by atoms with Gasteiger partial charge < -0.3 is 5.32 Å². The molecule has 0 spiro atoms. The van der Waals surface area contributed by atoms with Gasteiger partial charge in [-0.1, -0.05) is 33.8 Å². The van der Waals surface area contributed by atoms with Crippen LogP contribution in [0.15, 0.2) is 40.6 Å². The molecule has 1 heterocycles. The summed E-state index contributed by atoms with van der Waals surface area (Å²) < 4.78 is 0. The van der Waals surface area contributed by atoms with Gasteiger partial charge in [-0.3, -0.25) is 9.59 Å². The third-order valence-electron chi connectivity index (χ3n) is 3.41. The van der Waals surface area contributed by atoms with Crippen molar-refractivity contribution in [2.24, 2.45) is 16.3 Å². The zero-order valence-corrected chi connectivity index (χ0v) is 12.4. The molecule has 0 aromatic rings. The molecule has 2 aliphatic rings. The van der Waals surface area contributed by atoms with E-state index in [0.29, 0.717) is 12.1 Å². The lowest BCUT2D eigenvalue weighted by Crippen LogP contribution is -2.36. The van der Waals surface area contributed by atoms with Gasteiger partial charge in [-0.05, 0) is 23.1 Å². The van der Waals surface area contributed by atoms with Crippen molar-refractivity contribution in [3.8, 4) is 0 Å². The maximum Gasteiger partial charge on any atom is 0.248 e. The van der Waals surface area contributed by atoms with Crippen LogP contribution in [0.1, 0.15) is 34.1 Å². The third-order valence-corrected chi connectivity index (χ3v) is 3.41. The maximum atomic E-state index is 11.8. The Morgan fingerprint density at radius 2 is 2.05 bits per heavy atom. The van der Waals surface area contributed by atoms with E-state index in [1.54, 1.807) is 19.1 Å². The first-order valence-electron chi connectivity index (χ1n) is 6.85. The van der Waals surface area contributed by atoms with Crippen LogP contribution in [0.2, 0.25) is 0 Å². The number of hydrogen-bond acceptors (Lipinski definition) is 2. The summed E-state index contributed by atoms with van der Waals surface area (Å²) in [6.45, 7) is 8.05. The van der Waals surface area contributed by atoms with Crippen molar-refractivity contribution in [3.63, 3.8) is 0 Å². The highest BCUT2D eigenvalue weighted by Crippen LogP contribution is 2.38. The summed E-state index contributed by atoms with van der Waals surface area (Å²) in [5.74, 6) is -0.217. The average molecular weight is 272 g/mol. The number of amides is 2. The lowest BCUT2D eigenvalue weighted by molar-refractivity contribution is -0.117. The average Bonchev–Trinajstić information content (AvgIpc) is 2.36. The summed E-state index contributed by atoms with van der Waals surface area (Å²) in [7, 11) is 0. The Morgan fingerprint density at radius 1 is 1.35 bits per heavy atom. The van der Waals surface area contributed by atoms with E-state index in [0.717, 1.165) is 11.3 Å². The fraction of sp³-hybridized carbons (Fsp3) is 0.438. The molecule has 0 saturated carbocycles. The molecule has 2 rings (SSSR count). The second-order valence-electron chi connectivity index (χ2n) is 6.06. The van der Waals surface area contributed by atoms with Gasteiger partial charge in [-0.25, -0.2) is 4.99 Å². The molecule has 0 radical (unpaired) electrons. The fourth-order valence-corrected chi connectivity index (χ4v) is 2.37. The molecule has 0 saturated heterocycles. The third kappa shape index (κ3) is 2.95. The molecule has 0 aromatic heterocycles. The second-order valence-corrected chi connectivity index (χ2v) is 6.06. The van der Waals surface area contributed by atoms with Crippen molar-refractivity contribution < 1.29 is 9.59 Å². The molecule has 0 bridgehead atoms. The van der Waals surface area contributed by atoms with Crippen molar-refractivity contribution in [1.82, 2.24) is 5.32 Å². The number of hydrogen-bond donors (Lipinski definition) is 1. The molecule has 1 aliphatic carbocycles. The van der Waals surface area contributed by atoms with Gasteiger partial charge in [-0.2, -0.15) is 0 Å². The summed E-state index contributed by atoms with van der Waals surface area (Å²) in [5.41, 5.74) is 2.38. The number of nitrogens with zero attached hydrogens (tertiary/aromatic N) is 1. The van der Waals surface area contributed by atoms with E-state index < -0.39 is 0 Å². The molecule has 4 heteroatoms. The monoisotopic (exact) mass is 272 g/mol. The number of carbonyl (C=O) groups is 2. The van der Waals surface area contributed by atoms with Gasteiger partial charge in [0.25, 0.3) is 0 Å². The van der Waals surface area contributed by atoms with Crippen LogP contribution in [-0.2, 0) is 9.59 Å². The number of nitrogens with one attached hydrogen (secondary N) is 1. The Hall–Kier alpha value is -1.97. The highest BCUT2D eigenvalue weighted by molar-refractivity contribution is 6.11. The number of aliphatic imine (C=N–C) groups is 1. The van der Waals surface area contributed by atoms with Gasteiger partial charge in [-0.15, -0.1) is 0 Å². The molecule has 1 atom stereocenters. The Labute approximate surface area is 119 Å². The topological polar surface area (TPSA) is 58.5 Å². The molecule has 1 aliphatic heterocycles. The fourth-order valence-electron chi connectivity index (χ4n) is 2.37. The number of allylic oxidation sites excluding steroid dienone is 3. The number of carbonyl (C=O) groups excluding carboxylic acids is 2. The van der Waals surface area contributed by atoms with E-state index in [2.05, 4.69) is 31.1 Å². The van der Waals surface area contributed by atoms with Crippen LogP contribution in [-0.4, -0.2) is 17.5 Å². The Bertz CT molecular complexity index is 572. The van der Waals surface area contributed by atoms with E-state index in [-0.39, 0.29) is 23.1 Å². The molecule has 1 unspecified atom stereocenters. The van der Waals surface area contributed by atoms with Gasteiger partial charge in [0, 0.05) is 24.1 Å². The highest BCUT2D eigenvalue weighted by Gasteiger charge is 2.32. The molecule has 4 nitrogen and oxygen atoms in total. The van der Waals surface area contributed by atoms with Crippen LogP contribution in [0.4, 0.5) is 0 Å². The maximum absolute atomic E-state index is 11.8. The SMILES string of the molecule is CCC(=O)N=C1C=CC2C(=C1)NC(=O)C=C2C(C)(C)C. The zero-order valence-electron chi connectivity index (χ0n) is 12.4. The minimum absolute atomic E-state index is 0.0587. The summed E-state index contributed by atoms with van der Waals surface area (Å²) >= 11 is 0. The largest absolute Gasteiger partial charge is 0.325 e. The van der Waals surface area contributed by atoms with E-state index in [4.69, 9.17) is 0 Å². The summed E-state index contributed by atoms with van der Waals surface area (Å²) in [5, 5.41) is 2.84. The van der Waals surface area contributed by atoms with E-state index >= 15 is 0 Å². The summed E-state index contributed by atoms with van der Waals surface area (Å²) in [6, 6.07) is 0. The molecular weight excluding hydrogens is 252 g/mol. The first-order chi connectivity index (χ1) is 9.31. The predicted octanol–water partition coefficient (Wildman–Crippen LogP) is 2.54. The molecule has 0 aromatic carbocycles. The molecule has 20 heavy (non-hydrogen) atoms. The minimum Gasteiger partial charge on any atom is -0.325 e. The van der Waals surface area contributed by atoms with Crippen LogP contribution < -0.4 is 5.32 Å². The standard InChI is InChI=1S/C16H20N2O2/c1-5-14(19)17-10-6-7-11-12(16(2,3)4)9-15(20)18-13(11)8-10/h6-9,11H,5H2,1-4H3,(H,18,20). The quantitative estimate of drug-likeness (QED) is 0.797. The van der Waals surface area contributed by atoms with Crippen molar-refractivity contribution in [1.29, 1.82) is 0 Å².